The Kier molecular flexibility index (Phi) is 10.2. The van der Waals surface area contributed by atoms with Crippen LogP contribution in [0.4, 0.5) is 5.69 Å². The van der Waals surface area contributed by atoms with Gasteiger partial charge >= 0.3 is 0 Å². The van der Waals surface area contributed by atoms with Crippen LogP contribution in [0, 0.1) is 13.8 Å². The number of fused-ring (bicyclic) bond motifs is 5. The zero-order valence-corrected chi connectivity index (χ0v) is 32.0. The van der Waals surface area contributed by atoms with Gasteiger partial charge in [0, 0.05) is 29.6 Å². The number of nitrogens with zero attached hydrogens (tertiary/aromatic N) is 3. The van der Waals surface area contributed by atoms with Crippen molar-refractivity contribution >= 4 is 73.9 Å². The summed E-state index contributed by atoms with van der Waals surface area (Å²) in [6.45, 7) is 16.8. The largest absolute Gasteiger partial charge is 0.255 e. The van der Waals surface area contributed by atoms with Gasteiger partial charge in [0.25, 0.3) is 0 Å². The third-order valence-corrected chi connectivity index (χ3v) is 10.7. The van der Waals surface area contributed by atoms with Crippen molar-refractivity contribution in [2.45, 2.75) is 26.7 Å². The Bertz CT molecular complexity index is 2860. The minimum absolute atomic E-state index is 0.642. The first-order valence-electron chi connectivity index (χ1n) is 19.1. The zero-order chi connectivity index (χ0) is 38.6. The number of aryl methyl sites for hydroxylation is 3. The second kappa shape index (κ2) is 15.8. The molecule has 1 aromatic heterocycles. The lowest BCUT2D eigenvalue weighted by Crippen LogP contribution is -2.01. The van der Waals surface area contributed by atoms with Crippen LogP contribution in [0.15, 0.2) is 169 Å². The van der Waals surface area contributed by atoms with E-state index in [2.05, 4.69) is 146 Å². The molecule has 1 aliphatic carbocycles. The van der Waals surface area contributed by atoms with E-state index in [0.29, 0.717) is 5.70 Å². The van der Waals surface area contributed by atoms with Crippen LogP contribution < -0.4 is 0 Å². The lowest BCUT2D eigenvalue weighted by Gasteiger charge is -2.21. The van der Waals surface area contributed by atoms with Crippen LogP contribution in [0.25, 0.3) is 66.9 Å². The molecule has 0 unspecified atom stereocenters. The van der Waals surface area contributed by atoms with E-state index in [1.165, 1.54) is 49.2 Å². The number of pyridine rings is 1. The van der Waals surface area contributed by atoms with Gasteiger partial charge in [-0.15, -0.1) is 0 Å². The first-order valence-corrected chi connectivity index (χ1v) is 19.1. The summed E-state index contributed by atoms with van der Waals surface area (Å²) in [7, 11) is 0. The third kappa shape index (κ3) is 6.80. The second-order valence-electron chi connectivity index (χ2n) is 14.2. The van der Waals surface area contributed by atoms with Gasteiger partial charge in [0.15, 0.2) is 0 Å². The quantitative estimate of drug-likeness (QED) is 0.0787. The Morgan fingerprint density at radius 1 is 0.768 bits per heavy atom. The summed E-state index contributed by atoms with van der Waals surface area (Å²) in [5, 5.41) is 7.29. The zero-order valence-electron chi connectivity index (χ0n) is 32.0. The molecular formula is C53H43N3. The highest BCUT2D eigenvalue weighted by Crippen LogP contribution is 2.43. The molecule has 0 aliphatic heterocycles. The predicted molar refractivity (Wildman–Crippen MR) is 244 cm³/mol. The molecule has 0 radical (unpaired) electrons. The van der Waals surface area contributed by atoms with E-state index in [0.717, 1.165) is 63.0 Å². The molecule has 6 aromatic carbocycles. The van der Waals surface area contributed by atoms with Crippen LogP contribution in [0.5, 0.6) is 0 Å². The summed E-state index contributed by atoms with van der Waals surface area (Å²) in [6, 6.07) is 36.6. The summed E-state index contributed by atoms with van der Waals surface area (Å²) < 4.78 is 0. The number of hydrogen-bond acceptors (Lipinski definition) is 3. The fourth-order valence-corrected chi connectivity index (χ4v) is 8.08. The van der Waals surface area contributed by atoms with E-state index in [-0.39, 0.29) is 0 Å². The highest BCUT2D eigenvalue weighted by atomic mass is 14.8. The first-order chi connectivity index (χ1) is 27.4. The van der Waals surface area contributed by atoms with Gasteiger partial charge in [0.1, 0.15) is 0 Å². The van der Waals surface area contributed by atoms with Crippen molar-refractivity contribution in [1.82, 2.24) is 4.98 Å². The molecule has 0 fully saturated rings. The minimum atomic E-state index is 0.642. The van der Waals surface area contributed by atoms with Gasteiger partial charge in [-0.1, -0.05) is 153 Å². The van der Waals surface area contributed by atoms with E-state index >= 15 is 0 Å². The molecule has 3 nitrogen and oxygen atoms in total. The summed E-state index contributed by atoms with van der Waals surface area (Å²) in [5.41, 5.74) is 13.8. The van der Waals surface area contributed by atoms with E-state index in [4.69, 9.17) is 4.99 Å². The van der Waals surface area contributed by atoms with Gasteiger partial charge in [0.05, 0.1) is 17.1 Å². The molecular weight excluding hydrogens is 679 g/mol. The van der Waals surface area contributed by atoms with Gasteiger partial charge in [-0.3, -0.25) is 15.0 Å². The molecule has 270 valence electrons. The fourth-order valence-electron chi connectivity index (χ4n) is 8.08. The maximum absolute atomic E-state index is 5.23. The monoisotopic (exact) mass is 721 g/mol. The lowest BCUT2D eigenvalue weighted by atomic mass is 9.84. The fraction of sp³-hybridized carbons (Fsp3) is 0.0755. The SMILES string of the molecule is C=C/C=C\C(=C)c1c2c(c3ccccc3c1/N=C/c1ccc(-c3c4ccccc4c(C)c4c(/C=C/C=N\C(=C)c5ncccc5C)cccc34)cc1)CCC=C2. The Balaban J connectivity index is 1.18. The molecule has 1 aliphatic rings. The van der Waals surface area contributed by atoms with Crippen molar-refractivity contribution in [3.8, 4) is 11.1 Å². The molecule has 7 aromatic rings. The maximum atomic E-state index is 5.23. The number of aliphatic imine (C=N–C) groups is 2. The van der Waals surface area contributed by atoms with Gasteiger partial charge in [-0.05, 0) is 116 Å². The average Bonchev–Trinajstić information content (AvgIpc) is 3.24. The van der Waals surface area contributed by atoms with Crippen LogP contribution in [-0.4, -0.2) is 17.4 Å². The number of rotatable bonds is 10. The van der Waals surface area contributed by atoms with Crippen LogP contribution >= 0.6 is 0 Å². The molecule has 0 saturated carbocycles. The Morgan fingerprint density at radius 3 is 2.30 bits per heavy atom. The highest BCUT2D eigenvalue weighted by Gasteiger charge is 2.20. The van der Waals surface area contributed by atoms with Crippen molar-refractivity contribution in [3.05, 3.63) is 204 Å². The summed E-state index contributed by atoms with van der Waals surface area (Å²) in [6.07, 6.45) is 22.0. The van der Waals surface area contributed by atoms with Crippen LogP contribution in [0.3, 0.4) is 0 Å². The van der Waals surface area contributed by atoms with Crippen LogP contribution in [-0.2, 0) is 6.42 Å². The number of aromatic nitrogens is 1. The van der Waals surface area contributed by atoms with Crippen molar-refractivity contribution in [2.75, 3.05) is 0 Å². The molecule has 0 atom stereocenters. The highest BCUT2D eigenvalue weighted by molar-refractivity contribution is 6.17. The minimum Gasteiger partial charge on any atom is -0.255 e. The Morgan fingerprint density at radius 2 is 1.52 bits per heavy atom. The summed E-state index contributed by atoms with van der Waals surface area (Å²) in [4.78, 5) is 14.3. The van der Waals surface area contributed by atoms with Gasteiger partial charge < -0.3 is 0 Å². The van der Waals surface area contributed by atoms with Crippen molar-refractivity contribution in [1.29, 1.82) is 0 Å². The van der Waals surface area contributed by atoms with Gasteiger partial charge in [-0.25, -0.2) is 0 Å². The second-order valence-corrected chi connectivity index (χ2v) is 14.2. The van der Waals surface area contributed by atoms with E-state index < -0.39 is 0 Å². The van der Waals surface area contributed by atoms with E-state index in [1.54, 1.807) is 18.5 Å². The molecule has 3 heteroatoms. The predicted octanol–water partition coefficient (Wildman–Crippen LogP) is 14.0. The smallest absolute Gasteiger partial charge is 0.0909 e. The normalized spacial score (nSPS) is 12.9. The van der Waals surface area contributed by atoms with Gasteiger partial charge in [0.2, 0.25) is 0 Å². The molecule has 8 rings (SSSR count). The average molecular weight is 722 g/mol. The van der Waals surface area contributed by atoms with Crippen LogP contribution in [0.2, 0.25) is 0 Å². The number of allylic oxidation sites excluding steroid dienone is 6. The summed E-state index contributed by atoms with van der Waals surface area (Å²) in [5.74, 6) is 0. The topological polar surface area (TPSA) is 37.6 Å². The number of benzene rings is 6. The standard InChI is InChI=1S/C53H43N3/c1-6-7-17-35(2)49-46-25-12-9-22-43(46)44-23-10-13-26-47(44)53(49)56-34-39-28-30-41(31-29-39)51-45-24-11-8-21-42(45)37(4)50-40(19-14-27-48(50)51)20-16-32-54-38(5)52-36(3)18-15-33-55-52/h6-8,10-21,23-34H,1-2,5,9,22H2,3-4H3/b17-7-,20-16+,54-32-,56-34+. The summed E-state index contributed by atoms with van der Waals surface area (Å²) >= 11 is 0. The lowest BCUT2D eigenvalue weighted by molar-refractivity contribution is 0.996. The Hall–Kier alpha value is -6.97. The maximum Gasteiger partial charge on any atom is 0.0909 e. The van der Waals surface area contributed by atoms with E-state index in [9.17, 15) is 0 Å². The Labute approximate surface area is 329 Å². The van der Waals surface area contributed by atoms with Crippen molar-refractivity contribution in [2.24, 2.45) is 9.98 Å². The molecule has 0 amide bonds. The van der Waals surface area contributed by atoms with Crippen LogP contribution in [0.1, 0.15) is 51.1 Å². The molecule has 0 spiro atoms. The number of hydrogen-bond donors (Lipinski definition) is 0. The molecule has 0 N–H and O–H groups in total. The molecule has 56 heavy (non-hydrogen) atoms. The van der Waals surface area contributed by atoms with Crippen molar-refractivity contribution in [3.63, 3.8) is 0 Å². The van der Waals surface area contributed by atoms with Gasteiger partial charge in [-0.2, -0.15) is 0 Å². The first kappa shape index (κ1) is 36.0. The molecule has 1 heterocycles. The van der Waals surface area contributed by atoms with E-state index in [1.807, 2.05) is 43.5 Å². The van der Waals surface area contributed by atoms with Crippen molar-refractivity contribution < 1.29 is 0 Å². The molecule has 0 bridgehead atoms. The third-order valence-electron chi connectivity index (χ3n) is 10.7. The molecule has 0 saturated heterocycles.